The third kappa shape index (κ3) is 4.79. The van der Waals surface area contributed by atoms with E-state index in [1.165, 1.54) is 4.88 Å². The van der Waals surface area contributed by atoms with Crippen LogP contribution in [-0.4, -0.2) is 65.2 Å². The number of amides is 1. The number of pyridine rings is 2. The second-order valence-electron chi connectivity index (χ2n) is 8.47. The van der Waals surface area contributed by atoms with Gasteiger partial charge in [-0.3, -0.25) is 20.0 Å². The summed E-state index contributed by atoms with van der Waals surface area (Å²) in [4.78, 5) is 30.3. The summed E-state index contributed by atoms with van der Waals surface area (Å²) >= 11 is 7.71. The van der Waals surface area contributed by atoms with Crippen LogP contribution in [0.15, 0.2) is 24.5 Å². The zero-order chi connectivity index (χ0) is 23.7. The molecule has 4 heterocycles. The van der Waals surface area contributed by atoms with E-state index in [9.17, 15) is 4.79 Å². The van der Waals surface area contributed by atoms with Gasteiger partial charge in [-0.2, -0.15) is 0 Å². The van der Waals surface area contributed by atoms with E-state index in [1.807, 2.05) is 13.0 Å². The van der Waals surface area contributed by atoms with Crippen molar-refractivity contribution in [3.05, 3.63) is 51.5 Å². The van der Waals surface area contributed by atoms with Gasteiger partial charge >= 0.3 is 0 Å². The molecule has 1 saturated heterocycles. The Hall–Kier alpha value is -2.59. The van der Waals surface area contributed by atoms with Crippen molar-refractivity contribution in [2.75, 3.05) is 38.7 Å². The van der Waals surface area contributed by atoms with Crippen LogP contribution in [0.1, 0.15) is 33.0 Å². The van der Waals surface area contributed by atoms with Crippen LogP contribution in [0.4, 0.5) is 5.13 Å². The zero-order valence-corrected chi connectivity index (χ0v) is 20.7. The van der Waals surface area contributed by atoms with E-state index >= 15 is 0 Å². The predicted molar refractivity (Wildman–Crippen MR) is 132 cm³/mol. The van der Waals surface area contributed by atoms with Gasteiger partial charge in [0.1, 0.15) is 10.9 Å². The summed E-state index contributed by atoms with van der Waals surface area (Å²) in [6.45, 7) is 5.43. The van der Waals surface area contributed by atoms with Crippen LogP contribution in [0.25, 0.3) is 11.1 Å². The van der Waals surface area contributed by atoms with Crippen LogP contribution in [-0.2, 0) is 17.6 Å². The minimum absolute atomic E-state index is 0.270. The first-order chi connectivity index (χ1) is 16.5. The van der Waals surface area contributed by atoms with E-state index in [2.05, 4.69) is 20.2 Å². The number of fused-ring (bicyclic) bond motifs is 1. The maximum atomic E-state index is 13.3. The first-order valence-corrected chi connectivity index (χ1v) is 12.5. The maximum Gasteiger partial charge on any atom is 0.259 e. The van der Waals surface area contributed by atoms with Crippen LogP contribution in [0.2, 0.25) is 5.15 Å². The molecule has 0 bridgehead atoms. The molecule has 1 aliphatic carbocycles. The van der Waals surface area contributed by atoms with Crippen molar-refractivity contribution < 1.29 is 14.3 Å². The number of halogens is 1. The standard InChI is InChI=1S/C24H26ClN5O3S/c1-14-9-16(17-11-22(25)27-13-20(17)32-2)18(12-26-14)23(31)29-24-28-19-4-3-15(10-21(19)34-24)30-5-7-33-8-6-30/h9,11-13,15H,3-8,10H2,1-2H3,(H,28,29,31). The molecule has 1 N–H and O–H groups in total. The minimum Gasteiger partial charge on any atom is -0.494 e. The highest BCUT2D eigenvalue weighted by atomic mass is 35.5. The Bertz CT molecular complexity index is 1210. The molecule has 5 rings (SSSR count). The molecule has 2 aliphatic rings. The van der Waals surface area contributed by atoms with E-state index in [0.29, 0.717) is 38.8 Å². The van der Waals surface area contributed by atoms with Crippen LogP contribution in [0.5, 0.6) is 5.75 Å². The van der Waals surface area contributed by atoms with Crippen molar-refractivity contribution in [3.8, 4) is 16.9 Å². The van der Waals surface area contributed by atoms with Gasteiger partial charge in [0.15, 0.2) is 5.13 Å². The largest absolute Gasteiger partial charge is 0.494 e. The summed E-state index contributed by atoms with van der Waals surface area (Å²) in [6, 6.07) is 4.06. The summed E-state index contributed by atoms with van der Waals surface area (Å²) in [5.41, 5.74) is 3.66. The SMILES string of the molecule is COc1cnc(Cl)cc1-c1cc(C)ncc1C(=O)Nc1nc2c(s1)CC(N1CCOCC1)CC2. The number of nitrogens with one attached hydrogen (secondary N) is 1. The van der Waals surface area contributed by atoms with Gasteiger partial charge < -0.3 is 9.47 Å². The molecule has 1 fully saturated rings. The Balaban J connectivity index is 1.38. The molecule has 0 spiro atoms. The molecular formula is C24H26ClN5O3S. The summed E-state index contributed by atoms with van der Waals surface area (Å²) in [5, 5.41) is 3.93. The second kappa shape index (κ2) is 9.95. The quantitative estimate of drug-likeness (QED) is 0.530. The fourth-order valence-electron chi connectivity index (χ4n) is 4.58. The predicted octanol–water partition coefficient (Wildman–Crippen LogP) is 4.01. The molecule has 10 heteroatoms. The number of nitrogens with zero attached hydrogens (tertiary/aromatic N) is 4. The van der Waals surface area contributed by atoms with E-state index in [0.717, 1.165) is 57.0 Å². The topological polar surface area (TPSA) is 89.5 Å². The molecule has 1 aliphatic heterocycles. The Kier molecular flexibility index (Phi) is 6.78. The fraction of sp³-hybridized carbons (Fsp3) is 0.417. The van der Waals surface area contributed by atoms with Gasteiger partial charge in [-0.05, 0) is 38.3 Å². The Morgan fingerprint density at radius 3 is 2.85 bits per heavy atom. The lowest BCUT2D eigenvalue weighted by molar-refractivity contribution is 0.0139. The van der Waals surface area contributed by atoms with E-state index in [4.69, 9.17) is 26.1 Å². The molecule has 1 amide bonds. The normalized spacial score (nSPS) is 18.4. The van der Waals surface area contributed by atoms with E-state index in [-0.39, 0.29) is 5.91 Å². The summed E-state index contributed by atoms with van der Waals surface area (Å²) in [6.07, 6.45) is 6.10. The molecule has 3 aromatic rings. The van der Waals surface area contributed by atoms with E-state index in [1.54, 1.807) is 36.9 Å². The van der Waals surface area contributed by atoms with Crippen molar-refractivity contribution in [1.29, 1.82) is 0 Å². The van der Waals surface area contributed by atoms with Crippen LogP contribution in [0.3, 0.4) is 0 Å². The highest BCUT2D eigenvalue weighted by Crippen LogP contribution is 2.35. The molecule has 3 aromatic heterocycles. The third-order valence-corrected chi connectivity index (χ3v) is 7.57. The number of anilines is 1. The van der Waals surface area contributed by atoms with Gasteiger partial charge in [0.05, 0.1) is 37.8 Å². The first kappa shape index (κ1) is 23.2. The lowest BCUT2D eigenvalue weighted by Crippen LogP contribution is -2.45. The monoisotopic (exact) mass is 499 g/mol. The average molecular weight is 500 g/mol. The van der Waals surface area contributed by atoms with Crippen molar-refractivity contribution in [2.45, 2.75) is 32.2 Å². The number of carbonyl (C=O) groups is 1. The van der Waals surface area contributed by atoms with Gasteiger partial charge in [-0.15, -0.1) is 11.3 Å². The number of rotatable bonds is 5. The fourth-order valence-corrected chi connectivity index (χ4v) is 5.82. The van der Waals surface area contributed by atoms with Gasteiger partial charge in [0.25, 0.3) is 5.91 Å². The molecule has 34 heavy (non-hydrogen) atoms. The van der Waals surface area contributed by atoms with Crippen LogP contribution in [0, 0.1) is 6.92 Å². The zero-order valence-electron chi connectivity index (χ0n) is 19.1. The molecule has 0 aromatic carbocycles. The van der Waals surface area contributed by atoms with Gasteiger partial charge in [0.2, 0.25) is 0 Å². The molecule has 8 nitrogen and oxygen atoms in total. The second-order valence-corrected chi connectivity index (χ2v) is 9.94. The highest BCUT2D eigenvalue weighted by molar-refractivity contribution is 7.15. The van der Waals surface area contributed by atoms with Crippen LogP contribution < -0.4 is 10.1 Å². The van der Waals surface area contributed by atoms with Crippen LogP contribution >= 0.6 is 22.9 Å². The maximum absolute atomic E-state index is 13.3. The number of morpholine rings is 1. The minimum atomic E-state index is -0.270. The average Bonchev–Trinajstić information content (AvgIpc) is 3.25. The van der Waals surface area contributed by atoms with Gasteiger partial charge in [-0.25, -0.2) is 9.97 Å². The van der Waals surface area contributed by atoms with Gasteiger partial charge in [0, 0.05) is 47.0 Å². The number of ether oxygens (including phenoxy) is 2. The van der Waals surface area contributed by atoms with Crippen molar-refractivity contribution >= 4 is 34.0 Å². The molecule has 0 radical (unpaired) electrons. The molecule has 178 valence electrons. The lowest BCUT2D eigenvalue weighted by atomic mass is 9.96. The smallest absolute Gasteiger partial charge is 0.259 e. The number of aromatic nitrogens is 3. The third-order valence-electron chi connectivity index (χ3n) is 6.33. The number of carbonyl (C=O) groups excluding carboxylic acids is 1. The highest BCUT2D eigenvalue weighted by Gasteiger charge is 2.28. The number of aryl methyl sites for hydroxylation is 2. The van der Waals surface area contributed by atoms with E-state index < -0.39 is 0 Å². The van der Waals surface area contributed by atoms with Crippen molar-refractivity contribution in [3.63, 3.8) is 0 Å². The summed E-state index contributed by atoms with van der Waals surface area (Å²) in [5.74, 6) is 0.260. The number of methoxy groups -OCH3 is 1. The summed E-state index contributed by atoms with van der Waals surface area (Å²) in [7, 11) is 1.56. The molecule has 1 unspecified atom stereocenters. The Labute approximate surface area is 207 Å². The molecule has 1 atom stereocenters. The summed E-state index contributed by atoms with van der Waals surface area (Å²) < 4.78 is 11.0. The van der Waals surface area contributed by atoms with Gasteiger partial charge in [-0.1, -0.05) is 11.6 Å². The lowest BCUT2D eigenvalue weighted by Gasteiger charge is -2.36. The number of hydrogen-bond donors (Lipinski definition) is 1. The molecular weight excluding hydrogens is 474 g/mol. The molecule has 0 saturated carbocycles. The number of hydrogen-bond acceptors (Lipinski definition) is 8. The van der Waals surface area contributed by atoms with Crippen molar-refractivity contribution in [2.24, 2.45) is 0 Å². The van der Waals surface area contributed by atoms with Crippen molar-refractivity contribution in [1.82, 2.24) is 19.9 Å². The number of thiazole rings is 1. The Morgan fingerprint density at radius 1 is 1.24 bits per heavy atom. The first-order valence-electron chi connectivity index (χ1n) is 11.3. The Morgan fingerprint density at radius 2 is 2.06 bits per heavy atom.